The molecule has 0 bridgehead atoms. The Morgan fingerprint density at radius 3 is 2.90 bits per heavy atom. The molecule has 1 fully saturated rings. The normalized spacial score (nSPS) is 20.6. The van der Waals surface area contributed by atoms with Gasteiger partial charge < -0.3 is 10.5 Å². The van der Waals surface area contributed by atoms with E-state index in [4.69, 9.17) is 10.5 Å². The molecule has 1 heterocycles. The van der Waals surface area contributed by atoms with Gasteiger partial charge in [0.15, 0.2) is 0 Å². The predicted octanol–water partition coefficient (Wildman–Crippen LogP) is 1.47. The molecule has 0 amide bonds. The zero-order chi connectivity index (χ0) is 15.5. The quantitative estimate of drug-likeness (QED) is 0.893. The third-order valence-electron chi connectivity index (χ3n) is 3.59. The Morgan fingerprint density at radius 2 is 2.24 bits per heavy atom. The van der Waals surface area contributed by atoms with Gasteiger partial charge in [0.25, 0.3) is 0 Å². The SMILES string of the molecule is CCOC1CCCN(S(=O)(=O)c2cc(CN)ccc2F)C1. The molecular weight excluding hydrogens is 295 g/mol. The first-order valence-electron chi connectivity index (χ1n) is 7.09. The molecule has 1 atom stereocenters. The Bertz CT molecular complexity index is 590. The van der Waals surface area contributed by atoms with E-state index in [1.165, 1.54) is 16.4 Å². The maximum absolute atomic E-state index is 13.9. The summed E-state index contributed by atoms with van der Waals surface area (Å²) in [7, 11) is -3.85. The van der Waals surface area contributed by atoms with Crippen molar-refractivity contribution in [2.45, 2.75) is 37.3 Å². The summed E-state index contributed by atoms with van der Waals surface area (Å²) in [5.74, 6) is -0.745. The smallest absolute Gasteiger partial charge is 0.246 e. The molecule has 1 aromatic rings. The Labute approximate surface area is 124 Å². The number of hydrogen-bond acceptors (Lipinski definition) is 4. The van der Waals surface area contributed by atoms with Crippen molar-refractivity contribution in [3.63, 3.8) is 0 Å². The van der Waals surface area contributed by atoms with Crippen LogP contribution in [-0.4, -0.2) is 38.5 Å². The Kier molecular flexibility index (Phi) is 5.32. The standard InChI is InChI=1S/C14H21FN2O3S/c1-2-20-12-4-3-7-17(10-12)21(18,19)14-8-11(9-16)5-6-13(14)15/h5-6,8,12H,2-4,7,9-10,16H2,1H3. The molecule has 1 aliphatic rings. The molecule has 1 saturated heterocycles. The van der Waals surface area contributed by atoms with Gasteiger partial charge in [-0.15, -0.1) is 0 Å². The fourth-order valence-electron chi connectivity index (χ4n) is 2.51. The Hall–Kier alpha value is -1.02. The van der Waals surface area contributed by atoms with E-state index in [2.05, 4.69) is 0 Å². The average molecular weight is 316 g/mol. The van der Waals surface area contributed by atoms with Crippen LogP contribution in [0.25, 0.3) is 0 Å². The van der Waals surface area contributed by atoms with Crippen LogP contribution in [-0.2, 0) is 21.3 Å². The minimum absolute atomic E-state index is 0.126. The molecule has 2 rings (SSSR count). The lowest BCUT2D eigenvalue weighted by atomic mass is 10.1. The minimum Gasteiger partial charge on any atom is -0.377 e. The number of nitrogens with zero attached hydrogens (tertiary/aromatic N) is 1. The molecule has 1 unspecified atom stereocenters. The van der Waals surface area contributed by atoms with Gasteiger partial charge in [0.1, 0.15) is 10.7 Å². The topological polar surface area (TPSA) is 72.6 Å². The molecule has 1 aromatic carbocycles. The molecule has 0 radical (unpaired) electrons. The molecule has 21 heavy (non-hydrogen) atoms. The predicted molar refractivity (Wildman–Crippen MR) is 77.7 cm³/mol. The van der Waals surface area contributed by atoms with Gasteiger partial charge in [0, 0.05) is 26.2 Å². The fourth-order valence-corrected chi connectivity index (χ4v) is 4.13. The second kappa shape index (κ2) is 6.83. The maximum Gasteiger partial charge on any atom is 0.246 e. The maximum atomic E-state index is 13.9. The van der Waals surface area contributed by atoms with Crippen LogP contribution in [0.5, 0.6) is 0 Å². The van der Waals surface area contributed by atoms with Crippen molar-refractivity contribution in [2.75, 3.05) is 19.7 Å². The summed E-state index contributed by atoms with van der Waals surface area (Å²) < 4.78 is 46.0. The lowest BCUT2D eigenvalue weighted by Crippen LogP contribution is -2.43. The van der Waals surface area contributed by atoms with Crippen molar-refractivity contribution in [1.82, 2.24) is 4.31 Å². The molecule has 0 saturated carbocycles. The average Bonchev–Trinajstić information content (AvgIpc) is 2.48. The van der Waals surface area contributed by atoms with Crippen LogP contribution >= 0.6 is 0 Å². The van der Waals surface area contributed by atoms with E-state index in [1.807, 2.05) is 6.92 Å². The molecular formula is C14H21FN2O3S. The lowest BCUT2D eigenvalue weighted by Gasteiger charge is -2.31. The van der Waals surface area contributed by atoms with Crippen molar-refractivity contribution in [1.29, 1.82) is 0 Å². The number of sulfonamides is 1. The van der Waals surface area contributed by atoms with Crippen molar-refractivity contribution in [3.05, 3.63) is 29.6 Å². The molecule has 5 nitrogen and oxygen atoms in total. The van der Waals surface area contributed by atoms with E-state index in [9.17, 15) is 12.8 Å². The number of nitrogens with two attached hydrogens (primary N) is 1. The second-order valence-electron chi connectivity index (χ2n) is 5.05. The van der Waals surface area contributed by atoms with Crippen LogP contribution in [0, 0.1) is 5.82 Å². The van der Waals surface area contributed by atoms with E-state index < -0.39 is 15.8 Å². The van der Waals surface area contributed by atoms with E-state index in [1.54, 1.807) is 0 Å². The molecule has 118 valence electrons. The number of piperidine rings is 1. The minimum atomic E-state index is -3.85. The van der Waals surface area contributed by atoms with E-state index in [0.717, 1.165) is 12.5 Å². The zero-order valence-electron chi connectivity index (χ0n) is 12.1. The van der Waals surface area contributed by atoms with Crippen LogP contribution in [0.1, 0.15) is 25.3 Å². The highest BCUT2D eigenvalue weighted by Gasteiger charge is 2.32. The van der Waals surface area contributed by atoms with Gasteiger partial charge in [-0.2, -0.15) is 4.31 Å². The number of ether oxygens (including phenoxy) is 1. The van der Waals surface area contributed by atoms with Crippen LogP contribution in [0.15, 0.2) is 23.1 Å². The lowest BCUT2D eigenvalue weighted by molar-refractivity contribution is 0.0264. The third-order valence-corrected chi connectivity index (χ3v) is 5.47. The highest BCUT2D eigenvalue weighted by atomic mass is 32.2. The first-order valence-corrected chi connectivity index (χ1v) is 8.53. The van der Waals surface area contributed by atoms with Crippen LogP contribution < -0.4 is 5.73 Å². The van der Waals surface area contributed by atoms with Crippen molar-refractivity contribution in [2.24, 2.45) is 5.73 Å². The molecule has 0 spiro atoms. The van der Waals surface area contributed by atoms with Gasteiger partial charge in [-0.1, -0.05) is 6.07 Å². The summed E-state index contributed by atoms with van der Waals surface area (Å²) in [4.78, 5) is -0.303. The number of halogens is 1. The van der Waals surface area contributed by atoms with E-state index >= 15 is 0 Å². The molecule has 0 aromatic heterocycles. The van der Waals surface area contributed by atoms with Gasteiger partial charge in [-0.05, 0) is 37.5 Å². The highest BCUT2D eigenvalue weighted by Crippen LogP contribution is 2.24. The zero-order valence-corrected chi connectivity index (χ0v) is 12.9. The van der Waals surface area contributed by atoms with Crippen LogP contribution in [0.4, 0.5) is 4.39 Å². The van der Waals surface area contributed by atoms with Crippen molar-refractivity contribution in [3.8, 4) is 0 Å². The summed E-state index contributed by atoms with van der Waals surface area (Å²) in [6.07, 6.45) is 1.41. The fraction of sp³-hybridized carbons (Fsp3) is 0.571. The molecule has 7 heteroatoms. The van der Waals surface area contributed by atoms with Gasteiger partial charge in [-0.3, -0.25) is 0 Å². The largest absolute Gasteiger partial charge is 0.377 e. The Balaban J connectivity index is 2.29. The Morgan fingerprint density at radius 1 is 1.48 bits per heavy atom. The summed E-state index contributed by atoms with van der Waals surface area (Å²) in [5, 5.41) is 0. The number of rotatable bonds is 5. The van der Waals surface area contributed by atoms with Gasteiger partial charge >= 0.3 is 0 Å². The molecule has 1 aliphatic heterocycles. The first-order chi connectivity index (χ1) is 9.98. The van der Waals surface area contributed by atoms with E-state index in [-0.39, 0.29) is 24.1 Å². The summed E-state index contributed by atoms with van der Waals surface area (Å²) in [6.45, 7) is 3.23. The summed E-state index contributed by atoms with van der Waals surface area (Å²) in [5.41, 5.74) is 6.09. The summed E-state index contributed by atoms with van der Waals surface area (Å²) >= 11 is 0. The highest BCUT2D eigenvalue weighted by molar-refractivity contribution is 7.89. The number of hydrogen-bond donors (Lipinski definition) is 1. The monoisotopic (exact) mass is 316 g/mol. The van der Waals surface area contributed by atoms with Gasteiger partial charge in [-0.25, -0.2) is 12.8 Å². The van der Waals surface area contributed by atoms with Gasteiger partial charge in [0.05, 0.1) is 6.10 Å². The van der Waals surface area contributed by atoms with Crippen LogP contribution in [0.2, 0.25) is 0 Å². The second-order valence-corrected chi connectivity index (χ2v) is 6.96. The molecule has 2 N–H and O–H groups in total. The van der Waals surface area contributed by atoms with Gasteiger partial charge in [0.2, 0.25) is 10.0 Å². The first kappa shape index (κ1) is 16.4. The van der Waals surface area contributed by atoms with E-state index in [0.29, 0.717) is 25.1 Å². The van der Waals surface area contributed by atoms with Crippen LogP contribution in [0.3, 0.4) is 0 Å². The third kappa shape index (κ3) is 3.60. The van der Waals surface area contributed by atoms with Crippen molar-refractivity contribution < 1.29 is 17.5 Å². The summed E-state index contributed by atoms with van der Waals surface area (Å²) in [6, 6.07) is 3.96. The molecule has 0 aliphatic carbocycles. The number of benzene rings is 1. The van der Waals surface area contributed by atoms with Crippen molar-refractivity contribution >= 4 is 10.0 Å².